The summed E-state index contributed by atoms with van der Waals surface area (Å²) in [5.41, 5.74) is 3.65. The molecule has 1 amide bonds. The molecule has 1 fully saturated rings. The summed E-state index contributed by atoms with van der Waals surface area (Å²) in [7, 11) is 5.14. The summed E-state index contributed by atoms with van der Waals surface area (Å²) in [4.78, 5) is 40.3. The lowest BCUT2D eigenvalue weighted by atomic mass is 9.99. The van der Waals surface area contributed by atoms with Crippen molar-refractivity contribution < 1.29 is 28.9 Å². The third-order valence-corrected chi connectivity index (χ3v) is 8.41. The Hall–Kier alpha value is -4.73. The number of carboxylic acid groups (broad SMARTS) is 1. The number of carboxylic acids is 1. The molecule has 0 aliphatic carbocycles. The van der Waals surface area contributed by atoms with Crippen molar-refractivity contribution in [1.29, 1.82) is 0 Å². The average molecular weight is 616 g/mol. The minimum absolute atomic E-state index is 0.107. The van der Waals surface area contributed by atoms with Gasteiger partial charge < -0.3 is 33.4 Å². The zero-order valence-electron chi connectivity index (χ0n) is 27.0. The fourth-order valence-corrected chi connectivity index (χ4v) is 6.20. The number of hydrogen-bond donors (Lipinski definition) is 1. The molecule has 2 aromatic carbocycles. The summed E-state index contributed by atoms with van der Waals surface area (Å²) in [6.45, 7) is 8.86. The molecule has 3 heterocycles. The van der Waals surface area contributed by atoms with Crippen LogP contribution in [0.2, 0.25) is 0 Å². The first-order valence-electron chi connectivity index (χ1n) is 15.1. The van der Waals surface area contributed by atoms with E-state index in [1.54, 1.807) is 31.3 Å². The molecule has 1 atom stereocenters. The minimum atomic E-state index is -1.27. The highest BCUT2D eigenvalue weighted by molar-refractivity contribution is 5.90. The van der Waals surface area contributed by atoms with Crippen molar-refractivity contribution in [2.24, 2.45) is 7.05 Å². The largest absolute Gasteiger partial charge is 0.497 e. The van der Waals surface area contributed by atoms with Crippen LogP contribution in [0.15, 0.2) is 53.3 Å². The van der Waals surface area contributed by atoms with E-state index in [-0.39, 0.29) is 24.1 Å². The quantitative estimate of drug-likeness (QED) is 0.257. The Kier molecular flexibility index (Phi) is 8.69. The highest BCUT2D eigenvalue weighted by atomic mass is 16.6. The predicted octanol–water partition coefficient (Wildman–Crippen LogP) is 6.06. The number of pyridine rings is 1. The molecule has 2 aromatic heterocycles. The zero-order chi connectivity index (χ0) is 32.6. The van der Waals surface area contributed by atoms with E-state index in [4.69, 9.17) is 14.2 Å². The summed E-state index contributed by atoms with van der Waals surface area (Å²) < 4.78 is 20.2. The fourth-order valence-electron chi connectivity index (χ4n) is 6.20. The molecule has 0 spiro atoms. The number of likely N-dealkylation sites (tertiary alicyclic amines) is 1. The normalized spacial score (nSPS) is 15.0. The van der Waals surface area contributed by atoms with Gasteiger partial charge in [-0.15, -0.1) is 0 Å². The third-order valence-electron chi connectivity index (χ3n) is 8.41. The van der Waals surface area contributed by atoms with Crippen LogP contribution in [0, 0.1) is 0 Å². The summed E-state index contributed by atoms with van der Waals surface area (Å²) in [5, 5.41) is 10.9. The smallest absolute Gasteiger partial charge is 0.410 e. The van der Waals surface area contributed by atoms with Gasteiger partial charge in [-0.05, 0) is 81.1 Å². The Morgan fingerprint density at radius 1 is 1.00 bits per heavy atom. The molecule has 1 N–H and O–H groups in total. The van der Waals surface area contributed by atoms with Gasteiger partial charge in [-0.25, -0.2) is 9.59 Å². The van der Waals surface area contributed by atoms with E-state index in [9.17, 15) is 19.5 Å². The van der Waals surface area contributed by atoms with Gasteiger partial charge in [0, 0.05) is 54.3 Å². The van der Waals surface area contributed by atoms with E-state index < -0.39 is 17.1 Å². The number of methoxy groups -OCH3 is 2. The fraction of sp³-hybridized carbons (Fsp3) is 0.400. The Bertz CT molecular complexity index is 1830. The molecule has 0 radical (unpaired) electrons. The molecule has 10 heteroatoms. The number of aromatic nitrogens is 2. The summed E-state index contributed by atoms with van der Waals surface area (Å²) in [6, 6.07) is 15.0. The van der Waals surface area contributed by atoms with Crippen molar-refractivity contribution in [1.82, 2.24) is 14.0 Å². The number of fused-ring (bicyclic) bond motifs is 1. The van der Waals surface area contributed by atoms with Gasteiger partial charge in [0.15, 0.2) is 0 Å². The average Bonchev–Trinajstić information content (AvgIpc) is 3.61. The Labute approximate surface area is 262 Å². The molecular formula is C35H41N3O7. The van der Waals surface area contributed by atoms with Crippen LogP contribution in [0.5, 0.6) is 11.5 Å². The summed E-state index contributed by atoms with van der Waals surface area (Å²) >= 11 is 0. The number of hydrogen-bond acceptors (Lipinski definition) is 6. The number of aromatic carboxylic acids is 1. The zero-order valence-corrected chi connectivity index (χ0v) is 27.0. The molecule has 238 valence electrons. The van der Waals surface area contributed by atoms with Crippen molar-refractivity contribution in [2.45, 2.75) is 58.6 Å². The van der Waals surface area contributed by atoms with Crippen molar-refractivity contribution in [3.05, 3.63) is 81.3 Å². The molecule has 1 aliphatic rings. The maximum Gasteiger partial charge on any atom is 0.410 e. The molecule has 4 aromatic rings. The SMILES string of the molecule is CCc1cc(C(=O)O)c(=O)n(Cc2ccc(OC)cc2OC)c1-c1ccc2c(c1)cc(C1CCN(C(=O)OC(C)(C)C)C1)n2C. The lowest BCUT2D eigenvalue weighted by Crippen LogP contribution is -2.35. The van der Waals surface area contributed by atoms with Crippen LogP contribution in [0.25, 0.3) is 22.2 Å². The van der Waals surface area contributed by atoms with Crippen molar-refractivity contribution in [3.63, 3.8) is 0 Å². The van der Waals surface area contributed by atoms with Crippen molar-refractivity contribution >= 4 is 23.0 Å². The highest BCUT2D eigenvalue weighted by Gasteiger charge is 2.32. The van der Waals surface area contributed by atoms with Gasteiger partial charge in [0.2, 0.25) is 0 Å². The molecule has 0 bridgehead atoms. The van der Waals surface area contributed by atoms with Gasteiger partial charge in [-0.1, -0.05) is 13.0 Å². The van der Waals surface area contributed by atoms with Crippen LogP contribution in [0.3, 0.4) is 0 Å². The van der Waals surface area contributed by atoms with Crippen LogP contribution < -0.4 is 15.0 Å². The van der Waals surface area contributed by atoms with E-state index in [0.29, 0.717) is 42.3 Å². The van der Waals surface area contributed by atoms with E-state index in [1.165, 1.54) is 10.6 Å². The summed E-state index contributed by atoms with van der Waals surface area (Å²) in [5.74, 6) is 0.0293. The van der Waals surface area contributed by atoms with Crippen LogP contribution in [0.4, 0.5) is 4.79 Å². The number of nitrogens with zero attached hydrogens (tertiary/aromatic N) is 3. The minimum Gasteiger partial charge on any atom is -0.497 e. The maximum atomic E-state index is 13.7. The first-order valence-corrected chi connectivity index (χ1v) is 15.1. The standard InChI is InChI=1S/C35H41N3O7/c1-8-21-16-27(33(40)41)32(39)38(20-24-9-11-26(43-6)18-30(24)44-7)31(21)22-10-12-28-25(15-22)17-29(36(28)5)23-13-14-37(19-23)34(42)45-35(2,3)4/h9-12,15-18,23H,8,13-14,19-20H2,1-7H3,(H,40,41). The van der Waals surface area contributed by atoms with Crippen LogP contribution in [0.1, 0.15) is 67.2 Å². The lowest BCUT2D eigenvalue weighted by molar-refractivity contribution is 0.0292. The predicted molar refractivity (Wildman–Crippen MR) is 173 cm³/mol. The number of ether oxygens (including phenoxy) is 3. The second-order valence-corrected chi connectivity index (χ2v) is 12.5. The van der Waals surface area contributed by atoms with Crippen LogP contribution >= 0.6 is 0 Å². The lowest BCUT2D eigenvalue weighted by Gasteiger charge is -2.24. The van der Waals surface area contributed by atoms with Gasteiger partial charge in [0.1, 0.15) is 22.7 Å². The third kappa shape index (κ3) is 6.27. The maximum absolute atomic E-state index is 13.7. The topological polar surface area (TPSA) is 112 Å². The molecular weight excluding hydrogens is 574 g/mol. The van der Waals surface area contributed by atoms with E-state index in [2.05, 4.69) is 16.7 Å². The number of aryl methyl sites for hydroxylation is 2. The molecule has 10 nitrogen and oxygen atoms in total. The Balaban J connectivity index is 1.58. The molecule has 1 saturated heterocycles. The van der Waals surface area contributed by atoms with E-state index in [1.807, 2.05) is 52.9 Å². The van der Waals surface area contributed by atoms with Crippen LogP contribution in [-0.2, 0) is 24.8 Å². The number of benzene rings is 2. The van der Waals surface area contributed by atoms with Crippen LogP contribution in [-0.4, -0.2) is 64.1 Å². The Morgan fingerprint density at radius 3 is 2.40 bits per heavy atom. The number of rotatable bonds is 8. The first kappa shape index (κ1) is 31.7. The Morgan fingerprint density at radius 2 is 1.76 bits per heavy atom. The molecule has 0 saturated carbocycles. The van der Waals surface area contributed by atoms with Crippen molar-refractivity contribution in [2.75, 3.05) is 27.3 Å². The first-order chi connectivity index (χ1) is 21.3. The number of carbonyl (C=O) groups is 2. The van der Waals surface area contributed by atoms with Gasteiger partial charge in [-0.3, -0.25) is 4.79 Å². The van der Waals surface area contributed by atoms with Gasteiger partial charge >= 0.3 is 12.1 Å². The number of carbonyl (C=O) groups excluding carboxylic acids is 1. The van der Waals surface area contributed by atoms with Gasteiger partial charge in [0.25, 0.3) is 5.56 Å². The highest BCUT2D eigenvalue weighted by Crippen LogP contribution is 2.35. The second kappa shape index (κ2) is 12.3. The molecule has 45 heavy (non-hydrogen) atoms. The number of amides is 1. The molecule has 1 unspecified atom stereocenters. The van der Waals surface area contributed by atoms with Crippen molar-refractivity contribution in [3.8, 4) is 22.8 Å². The monoisotopic (exact) mass is 615 g/mol. The van der Waals surface area contributed by atoms with E-state index in [0.717, 1.165) is 34.1 Å². The second-order valence-electron chi connectivity index (χ2n) is 12.5. The van der Waals surface area contributed by atoms with Gasteiger partial charge in [0.05, 0.1) is 26.5 Å². The molecule has 1 aliphatic heterocycles. The van der Waals surface area contributed by atoms with E-state index >= 15 is 0 Å². The molecule has 5 rings (SSSR count). The van der Waals surface area contributed by atoms with Gasteiger partial charge in [-0.2, -0.15) is 0 Å². The summed E-state index contributed by atoms with van der Waals surface area (Å²) in [6.07, 6.45) is 1.06.